The summed E-state index contributed by atoms with van der Waals surface area (Å²) < 4.78 is 15.3. The van der Waals surface area contributed by atoms with E-state index in [9.17, 15) is 24.3 Å². The number of carbonyl (C=O) groups is 4. The molecule has 0 radical (unpaired) electrons. The molecule has 31 heavy (non-hydrogen) atoms. The number of nitrogens with one attached hydrogen (secondary N) is 2. The van der Waals surface area contributed by atoms with Crippen LogP contribution >= 0.6 is 12.2 Å². The van der Waals surface area contributed by atoms with Crippen LogP contribution in [0.15, 0.2) is 48.4 Å². The van der Waals surface area contributed by atoms with E-state index in [0.29, 0.717) is 11.4 Å². The third-order valence-corrected chi connectivity index (χ3v) is 4.24. The van der Waals surface area contributed by atoms with Crippen molar-refractivity contribution in [3.8, 4) is 5.75 Å². The van der Waals surface area contributed by atoms with Gasteiger partial charge in [0.2, 0.25) is 5.88 Å². The molecule has 3 N–H and O–H groups in total. The topological polar surface area (TPSA) is 144 Å². The molecule has 2 amide bonds. The van der Waals surface area contributed by atoms with Crippen LogP contribution in [0.4, 0.5) is 5.69 Å². The highest BCUT2D eigenvalue weighted by Gasteiger charge is 2.38. The van der Waals surface area contributed by atoms with Crippen LogP contribution in [0.25, 0.3) is 0 Å². The van der Waals surface area contributed by atoms with Gasteiger partial charge in [-0.15, -0.1) is 0 Å². The molecule has 2 aliphatic heterocycles. The molecule has 12 heteroatoms. The van der Waals surface area contributed by atoms with Gasteiger partial charge in [-0.1, -0.05) is 18.7 Å². The highest BCUT2D eigenvalue weighted by atomic mass is 32.1. The van der Waals surface area contributed by atoms with Crippen molar-refractivity contribution in [2.45, 2.75) is 6.10 Å². The summed E-state index contributed by atoms with van der Waals surface area (Å²) in [6.07, 6.45) is -0.313. The Morgan fingerprint density at radius 3 is 2.52 bits per heavy atom. The van der Waals surface area contributed by atoms with Crippen LogP contribution in [0.5, 0.6) is 5.75 Å². The van der Waals surface area contributed by atoms with Crippen LogP contribution in [-0.4, -0.2) is 59.8 Å². The van der Waals surface area contributed by atoms with Crippen LogP contribution in [0.3, 0.4) is 0 Å². The maximum absolute atomic E-state index is 12.4. The second kappa shape index (κ2) is 9.36. The Morgan fingerprint density at radius 2 is 1.84 bits per heavy atom. The number of rotatable bonds is 7. The number of hydrogen-bond donors (Lipinski definition) is 3. The van der Waals surface area contributed by atoms with Crippen LogP contribution in [0.2, 0.25) is 0 Å². The number of nitrogens with zero attached hydrogens (tertiary/aromatic N) is 1. The van der Waals surface area contributed by atoms with E-state index in [0.717, 1.165) is 6.08 Å². The zero-order valence-corrected chi connectivity index (χ0v) is 16.8. The van der Waals surface area contributed by atoms with Crippen LogP contribution in [-0.2, 0) is 28.7 Å². The maximum atomic E-state index is 12.4. The largest absolute Gasteiger partial charge is 0.461 e. The lowest BCUT2D eigenvalue weighted by Gasteiger charge is -2.22. The molecular formula is C19H17N3O8S. The van der Waals surface area contributed by atoms with E-state index in [1.54, 1.807) is 24.3 Å². The monoisotopic (exact) mass is 447 g/mol. The molecule has 0 saturated carbocycles. The summed E-state index contributed by atoms with van der Waals surface area (Å²) in [7, 11) is 0. The number of anilines is 1. The summed E-state index contributed by atoms with van der Waals surface area (Å²) in [5.41, 5.74) is 0.0603. The molecule has 11 nitrogen and oxygen atoms in total. The Kier molecular flexibility index (Phi) is 6.62. The molecule has 2 heterocycles. The van der Waals surface area contributed by atoms with Gasteiger partial charge in [-0.2, -0.15) is 0 Å². The second-order valence-electron chi connectivity index (χ2n) is 6.24. The zero-order valence-electron chi connectivity index (χ0n) is 16.0. The van der Waals surface area contributed by atoms with Crippen molar-refractivity contribution in [3.63, 3.8) is 0 Å². The number of thiocarbonyl (C=S) groups is 1. The van der Waals surface area contributed by atoms with Gasteiger partial charge in [-0.05, 0) is 24.4 Å². The van der Waals surface area contributed by atoms with Gasteiger partial charge in [0, 0.05) is 6.08 Å². The van der Waals surface area contributed by atoms with Crippen LogP contribution < -0.4 is 20.3 Å². The number of hydrogen-bond acceptors (Lipinski definition) is 10. The van der Waals surface area contributed by atoms with Crippen LogP contribution in [0.1, 0.15) is 0 Å². The average molecular weight is 447 g/mol. The first-order chi connectivity index (χ1) is 14.8. The SMILES string of the molecule is C=CC(=O)OCC(O)COC(=O)CN1C(=C2C(=O)NC(=S)NC2=O)Oc2ccccc21. The van der Waals surface area contributed by atoms with E-state index >= 15 is 0 Å². The lowest BCUT2D eigenvalue weighted by atomic mass is 10.2. The summed E-state index contributed by atoms with van der Waals surface area (Å²) in [5, 5.41) is 14.2. The first-order valence-electron chi connectivity index (χ1n) is 8.88. The van der Waals surface area contributed by atoms with Gasteiger partial charge in [0.1, 0.15) is 25.9 Å². The van der Waals surface area contributed by atoms with Gasteiger partial charge in [0.15, 0.2) is 16.4 Å². The second-order valence-corrected chi connectivity index (χ2v) is 6.65. The molecule has 1 unspecified atom stereocenters. The number of aliphatic hydroxyl groups excluding tert-OH is 1. The van der Waals surface area contributed by atoms with E-state index in [-0.39, 0.29) is 23.2 Å². The molecular weight excluding hydrogens is 430 g/mol. The number of carbonyl (C=O) groups excluding carboxylic acids is 4. The predicted octanol–water partition coefficient (Wildman–Crippen LogP) is -0.739. The fraction of sp³-hybridized carbons (Fsp3) is 0.211. The first kappa shape index (κ1) is 21.9. The molecule has 1 aromatic rings. The molecule has 0 bridgehead atoms. The van der Waals surface area contributed by atoms with Gasteiger partial charge in [0.05, 0.1) is 5.69 Å². The molecule has 0 aliphatic carbocycles. The minimum atomic E-state index is -1.25. The molecule has 162 valence electrons. The number of amides is 2. The molecule has 0 spiro atoms. The number of ether oxygens (including phenoxy) is 3. The van der Waals surface area contributed by atoms with Gasteiger partial charge in [-0.25, -0.2) is 4.79 Å². The quantitative estimate of drug-likeness (QED) is 0.212. The van der Waals surface area contributed by atoms with E-state index in [1.807, 2.05) is 0 Å². The first-order valence-corrected chi connectivity index (χ1v) is 9.29. The predicted molar refractivity (Wildman–Crippen MR) is 108 cm³/mol. The smallest absolute Gasteiger partial charge is 0.330 e. The van der Waals surface area contributed by atoms with Crippen molar-refractivity contribution < 1.29 is 38.5 Å². The van der Waals surface area contributed by atoms with Crippen molar-refractivity contribution in [3.05, 3.63) is 48.4 Å². The fourth-order valence-corrected chi connectivity index (χ4v) is 2.87. The highest BCUT2D eigenvalue weighted by molar-refractivity contribution is 7.80. The average Bonchev–Trinajstić information content (AvgIpc) is 3.07. The zero-order chi connectivity index (χ0) is 22.5. The highest BCUT2D eigenvalue weighted by Crippen LogP contribution is 2.39. The number of para-hydroxylation sites is 2. The van der Waals surface area contributed by atoms with Gasteiger partial charge in [0.25, 0.3) is 11.8 Å². The van der Waals surface area contributed by atoms with Gasteiger partial charge >= 0.3 is 11.9 Å². The third kappa shape index (κ3) is 5.05. The maximum Gasteiger partial charge on any atom is 0.330 e. The number of benzene rings is 1. The Hall–Kier alpha value is -3.77. The number of esters is 2. The minimum Gasteiger partial charge on any atom is -0.461 e. The lowest BCUT2D eigenvalue weighted by Crippen LogP contribution is -2.52. The van der Waals surface area contributed by atoms with Crippen molar-refractivity contribution in [1.29, 1.82) is 0 Å². The standard InChI is InChI=1S/C19H17N3O8S/c1-2-13(24)28-8-10(23)9-29-14(25)7-22-11-5-3-4-6-12(11)30-18(22)15-16(26)20-19(31)21-17(15)27/h2-6,10,23H,1,7-9H2,(H2,20,21,26,27,31). The fourth-order valence-electron chi connectivity index (χ4n) is 2.69. The van der Waals surface area contributed by atoms with E-state index in [1.165, 1.54) is 4.90 Å². The molecule has 2 aliphatic rings. The molecule has 0 aromatic heterocycles. The summed E-state index contributed by atoms with van der Waals surface area (Å²) in [6, 6.07) is 6.59. The van der Waals surface area contributed by atoms with Crippen molar-refractivity contribution in [2.75, 3.05) is 24.7 Å². The lowest BCUT2D eigenvalue weighted by molar-refractivity contribution is -0.148. The normalized spacial score (nSPS) is 16.0. The van der Waals surface area contributed by atoms with Crippen molar-refractivity contribution >= 4 is 46.8 Å². The molecule has 1 atom stereocenters. The summed E-state index contributed by atoms with van der Waals surface area (Å²) in [5.74, 6) is -2.93. The number of aliphatic hydroxyl groups is 1. The van der Waals surface area contributed by atoms with Gasteiger partial charge < -0.3 is 19.3 Å². The molecule has 1 saturated heterocycles. The Labute approximate surface area is 181 Å². The summed E-state index contributed by atoms with van der Waals surface area (Å²) >= 11 is 4.78. The summed E-state index contributed by atoms with van der Waals surface area (Å²) in [4.78, 5) is 49.3. The van der Waals surface area contributed by atoms with E-state index in [4.69, 9.17) is 21.7 Å². The third-order valence-electron chi connectivity index (χ3n) is 4.04. The minimum absolute atomic E-state index is 0.146. The van der Waals surface area contributed by atoms with E-state index in [2.05, 4.69) is 21.9 Å². The van der Waals surface area contributed by atoms with Gasteiger partial charge in [-0.3, -0.25) is 29.9 Å². The Bertz CT molecular complexity index is 984. The van der Waals surface area contributed by atoms with E-state index < -0.39 is 43.0 Å². The Morgan fingerprint density at radius 1 is 1.19 bits per heavy atom. The van der Waals surface area contributed by atoms with Crippen molar-refractivity contribution in [1.82, 2.24) is 10.6 Å². The Balaban J connectivity index is 1.74. The van der Waals surface area contributed by atoms with Crippen molar-refractivity contribution in [2.24, 2.45) is 0 Å². The van der Waals surface area contributed by atoms with Crippen LogP contribution in [0, 0.1) is 0 Å². The molecule has 3 rings (SSSR count). The molecule has 1 aromatic carbocycles. The molecule has 1 fully saturated rings. The number of fused-ring (bicyclic) bond motifs is 1. The summed E-state index contributed by atoms with van der Waals surface area (Å²) in [6.45, 7) is 1.96.